The van der Waals surface area contributed by atoms with E-state index in [0.29, 0.717) is 17.6 Å². The van der Waals surface area contributed by atoms with Crippen molar-refractivity contribution in [1.82, 2.24) is 9.80 Å². The van der Waals surface area contributed by atoms with Gasteiger partial charge in [0.05, 0.1) is 6.10 Å². The Morgan fingerprint density at radius 1 is 1.32 bits per heavy atom. The smallest absolute Gasteiger partial charge is 0.0931 e. The predicted molar refractivity (Wildman–Crippen MR) is 79.6 cm³/mol. The first-order valence-electron chi connectivity index (χ1n) is 6.89. The van der Waals surface area contributed by atoms with E-state index in [1.54, 1.807) is 0 Å². The first-order valence-corrected chi connectivity index (χ1v) is 7.27. The number of piperidine rings is 1. The van der Waals surface area contributed by atoms with Gasteiger partial charge in [0.1, 0.15) is 0 Å². The maximum absolute atomic E-state index is 10.3. The molecule has 0 spiro atoms. The van der Waals surface area contributed by atoms with Crippen LogP contribution in [-0.2, 0) is 0 Å². The van der Waals surface area contributed by atoms with Gasteiger partial charge in [0, 0.05) is 23.2 Å². The Kier molecular flexibility index (Phi) is 5.22. The fourth-order valence-corrected chi connectivity index (χ4v) is 2.97. The van der Waals surface area contributed by atoms with Gasteiger partial charge >= 0.3 is 0 Å². The van der Waals surface area contributed by atoms with Gasteiger partial charge in [-0.1, -0.05) is 29.8 Å². The molecule has 0 aliphatic carbocycles. The molecule has 0 aromatic heterocycles. The molecule has 1 aliphatic heterocycles. The normalized spacial score (nSPS) is 19.8. The van der Waals surface area contributed by atoms with Crippen LogP contribution in [0.25, 0.3) is 0 Å². The zero-order chi connectivity index (χ0) is 13.8. The Labute approximate surface area is 120 Å². The summed E-state index contributed by atoms with van der Waals surface area (Å²) in [5.74, 6) is 0. The Morgan fingerprint density at radius 3 is 2.53 bits per heavy atom. The Hall–Kier alpha value is -0.610. The molecule has 1 atom stereocenters. The third kappa shape index (κ3) is 3.93. The molecular weight excluding hydrogens is 260 g/mol. The van der Waals surface area contributed by atoms with E-state index in [4.69, 9.17) is 11.6 Å². The molecule has 2 rings (SSSR count). The number of aliphatic hydroxyl groups excluding tert-OH is 1. The molecule has 1 N–H and O–H groups in total. The number of aliphatic hydroxyl groups is 1. The monoisotopic (exact) mass is 282 g/mol. The van der Waals surface area contributed by atoms with Crippen LogP contribution in [-0.4, -0.2) is 54.7 Å². The molecule has 1 fully saturated rings. The number of hydrogen-bond acceptors (Lipinski definition) is 3. The summed E-state index contributed by atoms with van der Waals surface area (Å²) in [6.07, 6.45) is 1.84. The second-order valence-electron chi connectivity index (χ2n) is 5.53. The van der Waals surface area contributed by atoms with Crippen molar-refractivity contribution >= 4 is 11.6 Å². The number of halogens is 1. The van der Waals surface area contributed by atoms with Gasteiger partial charge in [-0.25, -0.2) is 0 Å². The fraction of sp³-hybridized carbons (Fsp3) is 0.600. The highest BCUT2D eigenvalue weighted by Crippen LogP contribution is 2.24. The summed E-state index contributed by atoms with van der Waals surface area (Å²) >= 11 is 6.12. The van der Waals surface area contributed by atoms with Crippen LogP contribution in [0.5, 0.6) is 0 Å². The summed E-state index contributed by atoms with van der Waals surface area (Å²) in [4.78, 5) is 4.62. The Morgan fingerprint density at radius 2 is 1.95 bits per heavy atom. The lowest BCUT2D eigenvalue weighted by molar-refractivity contribution is 0.0799. The molecular formula is C15H23ClN2O. The highest BCUT2D eigenvalue weighted by molar-refractivity contribution is 6.31. The van der Waals surface area contributed by atoms with Gasteiger partial charge in [0.25, 0.3) is 0 Å². The van der Waals surface area contributed by atoms with Gasteiger partial charge < -0.3 is 14.9 Å². The quantitative estimate of drug-likeness (QED) is 0.919. The van der Waals surface area contributed by atoms with Gasteiger partial charge in [0.2, 0.25) is 0 Å². The highest BCUT2D eigenvalue weighted by Gasteiger charge is 2.23. The molecule has 1 heterocycles. The van der Waals surface area contributed by atoms with E-state index in [1.807, 2.05) is 24.3 Å². The first-order chi connectivity index (χ1) is 9.08. The Balaban J connectivity index is 1.87. The lowest BCUT2D eigenvalue weighted by Crippen LogP contribution is -2.43. The van der Waals surface area contributed by atoms with Crippen LogP contribution >= 0.6 is 11.6 Å². The van der Waals surface area contributed by atoms with Crippen LogP contribution in [0.1, 0.15) is 24.5 Å². The second kappa shape index (κ2) is 6.71. The van der Waals surface area contributed by atoms with Crippen molar-refractivity contribution in [2.24, 2.45) is 0 Å². The van der Waals surface area contributed by atoms with Crippen LogP contribution in [0.15, 0.2) is 24.3 Å². The summed E-state index contributed by atoms with van der Waals surface area (Å²) in [5.41, 5.74) is 0.832. The number of nitrogens with zero attached hydrogens (tertiary/aromatic N) is 2. The fourth-order valence-electron chi connectivity index (χ4n) is 2.71. The maximum atomic E-state index is 10.3. The molecule has 19 heavy (non-hydrogen) atoms. The molecule has 0 radical (unpaired) electrons. The number of β-amino-alcohol motifs (C(OH)–C–C–N with tert-alkyl or cyclic N) is 1. The van der Waals surface area contributed by atoms with Crippen molar-refractivity contribution in [3.63, 3.8) is 0 Å². The number of benzene rings is 1. The molecule has 0 unspecified atom stereocenters. The molecule has 106 valence electrons. The van der Waals surface area contributed by atoms with Crippen molar-refractivity contribution in [3.05, 3.63) is 34.9 Å². The summed E-state index contributed by atoms with van der Waals surface area (Å²) in [6.45, 7) is 2.76. The Bertz CT molecular complexity index is 403. The van der Waals surface area contributed by atoms with Crippen molar-refractivity contribution in [2.75, 3.05) is 33.7 Å². The first kappa shape index (κ1) is 14.8. The van der Waals surface area contributed by atoms with E-state index >= 15 is 0 Å². The maximum Gasteiger partial charge on any atom is 0.0931 e. The topological polar surface area (TPSA) is 26.7 Å². The van der Waals surface area contributed by atoms with E-state index in [0.717, 1.165) is 18.7 Å². The van der Waals surface area contributed by atoms with E-state index in [-0.39, 0.29) is 0 Å². The summed E-state index contributed by atoms with van der Waals surface area (Å²) in [5, 5.41) is 10.9. The van der Waals surface area contributed by atoms with Gasteiger partial charge in [-0.15, -0.1) is 0 Å². The van der Waals surface area contributed by atoms with Crippen LogP contribution < -0.4 is 0 Å². The number of likely N-dealkylation sites (tertiary alicyclic amines) is 1. The second-order valence-corrected chi connectivity index (χ2v) is 5.94. The van der Waals surface area contributed by atoms with Crippen molar-refractivity contribution in [3.8, 4) is 0 Å². The largest absolute Gasteiger partial charge is 0.387 e. The molecule has 4 heteroatoms. The molecule has 3 nitrogen and oxygen atoms in total. The van der Waals surface area contributed by atoms with Crippen LogP contribution in [0.2, 0.25) is 5.02 Å². The van der Waals surface area contributed by atoms with E-state index in [2.05, 4.69) is 23.9 Å². The molecule has 0 amide bonds. The van der Waals surface area contributed by atoms with Crippen molar-refractivity contribution < 1.29 is 5.11 Å². The highest BCUT2D eigenvalue weighted by atomic mass is 35.5. The van der Waals surface area contributed by atoms with Crippen LogP contribution in [0.3, 0.4) is 0 Å². The average molecular weight is 283 g/mol. The number of hydrogen-bond donors (Lipinski definition) is 1. The molecule has 0 bridgehead atoms. The predicted octanol–water partition coefficient (Wildman–Crippen LogP) is 2.40. The lowest BCUT2D eigenvalue weighted by atomic mass is 10.0. The zero-order valence-electron chi connectivity index (χ0n) is 11.7. The molecule has 1 aromatic rings. The summed E-state index contributed by atoms with van der Waals surface area (Å²) in [6, 6.07) is 8.22. The SMILES string of the molecule is CN(C)C1CCN(C[C@H](O)c2ccccc2Cl)CC1. The van der Waals surface area contributed by atoms with Crippen LogP contribution in [0, 0.1) is 0 Å². The van der Waals surface area contributed by atoms with E-state index in [9.17, 15) is 5.11 Å². The van der Waals surface area contributed by atoms with Gasteiger partial charge in [-0.2, -0.15) is 0 Å². The minimum Gasteiger partial charge on any atom is -0.387 e. The molecule has 1 aromatic carbocycles. The summed E-state index contributed by atoms with van der Waals surface area (Å²) in [7, 11) is 4.28. The third-order valence-electron chi connectivity index (χ3n) is 3.98. The average Bonchev–Trinajstić information content (AvgIpc) is 2.39. The van der Waals surface area contributed by atoms with E-state index < -0.39 is 6.10 Å². The molecule has 1 aliphatic rings. The van der Waals surface area contributed by atoms with Gasteiger partial charge in [0.15, 0.2) is 0 Å². The van der Waals surface area contributed by atoms with Gasteiger partial charge in [-0.3, -0.25) is 0 Å². The van der Waals surface area contributed by atoms with E-state index in [1.165, 1.54) is 12.8 Å². The van der Waals surface area contributed by atoms with Crippen molar-refractivity contribution in [1.29, 1.82) is 0 Å². The van der Waals surface area contributed by atoms with Gasteiger partial charge in [-0.05, 0) is 46.1 Å². The summed E-state index contributed by atoms with van der Waals surface area (Å²) < 4.78 is 0. The standard InChI is InChI=1S/C15H23ClN2O/c1-17(2)12-7-9-18(10-8-12)11-15(19)13-5-3-4-6-14(13)16/h3-6,12,15,19H,7-11H2,1-2H3/t15-/m0/s1. The molecule has 0 saturated carbocycles. The van der Waals surface area contributed by atoms with Crippen molar-refractivity contribution in [2.45, 2.75) is 25.0 Å². The zero-order valence-corrected chi connectivity index (χ0v) is 12.5. The minimum atomic E-state index is -0.496. The lowest BCUT2D eigenvalue weighted by Gasteiger charge is -2.36. The van der Waals surface area contributed by atoms with Crippen LogP contribution in [0.4, 0.5) is 0 Å². The minimum absolute atomic E-state index is 0.496. The number of rotatable bonds is 4. The third-order valence-corrected chi connectivity index (χ3v) is 4.33. The molecule has 1 saturated heterocycles.